The molecule has 6 heteroatoms. The minimum Gasteiger partial charge on any atom is -0.334 e. The van der Waals surface area contributed by atoms with Crippen molar-refractivity contribution in [2.45, 2.75) is 26.3 Å². The molecule has 0 aliphatic carbocycles. The van der Waals surface area contributed by atoms with Gasteiger partial charge in [-0.15, -0.1) is 0 Å². The van der Waals surface area contributed by atoms with E-state index in [9.17, 15) is 14.9 Å². The van der Waals surface area contributed by atoms with Crippen LogP contribution in [0.1, 0.15) is 31.1 Å². The van der Waals surface area contributed by atoms with Gasteiger partial charge >= 0.3 is 0 Å². The predicted molar refractivity (Wildman–Crippen MR) is 69.4 cm³/mol. The number of carbonyl (C=O) groups excluding carboxylic acids is 1. The van der Waals surface area contributed by atoms with Crippen molar-refractivity contribution in [2.75, 3.05) is 0 Å². The quantitative estimate of drug-likeness (QED) is 0.664. The van der Waals surface area contributed by atoms with Gasteiger partial charge in [0, 0.05) is 17.7 Å². The number of non-ortho nitro benzene ring substituents is 1. The molecule has 0 saturated heterocycles. The lowest BCUT2D eigenvalue weighted by Gasteiger charge is -2.27. The normalized spacial score (nSPS) is 13.4. The number of carbonyl (C=O) groups is 1. The average Bonchev–Trinajstić information content (AvgIpc) is 2.38. The van der Waals surface area contributed by atoms with E-state index in [-0.39, 0.29) is 17.2 Å². The number of nitro groups is 1. The van der Waals surface area contributed by atoms with Crippen molar-refractivity contribution in [1.29, 1.82) is 5.26 Å². The van der Waals surface area contributed by atoms with E-state index >= 15 is 0 Å². The third-order valence-corrected chi connectivity index (χ3v) is 3.10. The molecule has 0 radical (unpaired) electrons. The first-order chi connectivity index (χ1) is 8.80. The molecule has 1 rings (SSSR count). The molecule has 0 heterocycles. The van der Waals surface area contributed by atoms with Gasteiger partial charge in [0.05, 0.1) is 11.0 Å². The second-order valence-corrected chi connectivity index (χ2v) is 4.73. The summed E-state index contributed by atoms with van der Waals surface area (Å²) in [4.78, 5) is 21.9. The molecular weight excluding hydrogens is 246 g/mol. The first-order valence-corrected chi connectivity index (χ1v) is 5.78. The lowest BCUT2D eigenvalue weighted by Crippen LogP contribution is -2.48. The van der Waals surface area contributed by atoms with Crippen LogP contribution in [0.2, 0.25) is 0 Å². The fourth-order valence-electron chi connectivity index (χ4n) is 1.34. The van der Waals surface area contributed by atoms with E-state index in [2.05, 4.69) is 11.4 Å². The van der Waals surface area contributed by atoms with Gasteiger partial charge in [0.2, 0.25) is 0 Å². The Bertz CT molecular complexity index is 531. The van der Waals surface area contributed by atoms with Crippen LogP contribution in [0, 0.1) is 27.4 Å². The summed E-state index contributed by atoms with van der Waals surface area (Å²) >= 11 is 0. The topological polar surface area (TPSA) is 96.0 Å². The SMILES string of the molecule is CC(C)C(C)(C#N)NC(=O)c1ccc([N+](=O)[O-])cc1. The van der Waals surface area contributed by atoms with Gasteiger partial charge in [-0.05, 0) is 25.0 Å². The Morgan fingerprint density at radius 2 is 1.95 bits per heavy atom. The van der Waals surface area contributed by atoms with Crippen molar-refractivity contribution >= 4 is 11.6 Å². The highest BCUT2D eigenvalue weighted by molar-refractivity contribution is 5.95. The molecule has 0 bridgehead atoms. The first-order valence-electron chi connectivity index (χ1n) is 5.78. The van der Waals surface area contributed by atoms with Crippen LogP contribution in [-0.2, 0) is 0 Å². The van der Waals surface area contributed by atoms with E-state index in [1.807, 2.05) is 13.8 Å². The van der Waals surface area contributed by atoms with Crippen LogP contribution in [0.3, 0.4) is 0 Å². The Labute approximate surface area is 111 Å². The van der Waals surface area contributed by atoms with E-state index < -0.39 is 16.4 Å². The van der Waals surface area contributed by atoms with Gasteiger partial charge in [-0.1, -0.05) is 13.8 Å². The Hall–Kier alpha value is -2.42. The van der Waals surface area contributed by atoms with Crippen molar-refractivity contribution in [2.24, 2.45) is 5.92 Å². The number of nitrogens with one attached hydrogen (secondary N) is 1. The fourth-order valence-corrected chi connectivity index (χ4v) is 1.34. The van der Waals surface area contributed by atoms with Crippen LogP contribution in [0.15, 0.2) is 24.3 Å². The Morgan fingerprint density at radius 3 is 2.32 bits per heavy atom. The molecule has 19 heavy (non-hydrogen) atoms. The number of hydrogen-bond donors (Lipinski definition) is 1. The first kappa shape index (κ1) is 14.6. The number of hydrogen-bond acceptors (Lipinski definition) is 4. The number of nitrogens with zero attached hydrogens (tertiary/aromatic N) is 2. The molecule has 0 aliphatic heterocycles. The second kappa shape index (κ2) is 5.48. The maximum atomic E-state index is 12.0. The standard InChI is InChI=1S/C13H15N3O3/c1-9(2)13(3,8-14)15-12(17)10-4-6-11(7-5-10)16(18)19/h4-7,9H,1-3H3,(H,15,17). The minimum atomic E-state index is -0.973. The Morgan fingerprint density at radius 1 is 1.42 bits per heavy atom. The van der Waals surface area contributed by atoms with Crippen LogP contribution >= 0.6 is 0 Å². The van der Waals surface area contributed by atoms with Gasteiger partial charge in [-0.3, -0.25) is 14.9 Å². The van der Waals surface area contributed by atoms with Crippen molar-refractivity contribution in [1.82, 2.24) is 5.32 Å². The van der Waals surface area contributed by atoms with Crippen LogP contribution in [0.4, 0.5) is 5.69 Å². The summed E-state index contributed by atoms with van der Waals surface area (Å²) in [5.74, 6) is -0.479. The number of amides is 1. The van der Waals surface area contributed by atoms with Gasteiger partial charge in [0.15, 0.2) is 0 Å². The smallest absolute Gasteiger partial charge is 0.269 e. The largest absolute Gasteiger partial charge is 0.334 e. The molecule has 0 fully saturated rings. The molecule has 0 aromatic heterocycles. The molecule has 1 atom stereocenters. The van der Waals surface area contributed by atoms with E-state index in [0.29, 0.717) is 0 Å². The van der Waals surface area contributed by atoms with E-state index in [1.165, 1.54) is 24.3 Å². The molecule has 1 aromatic carbocycles. The summed E-state index contributed by atoms with van der Waals surface area (Å²) in [5.41, 5.74) is -0.769. The summed E-state index contributed by atoms with van der Waals surface area (Å²) in [6, 6.07) is 7.32. The fraction of sp³-hybridized carbons (Fsp3) is 0.385. The molecular formula is C13H15N3O3. The molecule has 1 unspecified atom stereocenters. The van der Waals surface area contributed by atoms with Crippen LogP contribution in [0.25, 0.3) is 0 Å². The minimum absolute atomic E-state index is 0.0560. The zero-order valence-corrected chi connectivity index (χ0v) is 11.0. The molecule has 0 saturated carbocycles. The summed E-state index contributed by atoms with van der Waals surface area (Å²) < 4.78 is 0. The van der Waals surface area contributed by atoms with Gasteiger partial charge in [0.1, 0.15) is 5.54 Å². The number of nitro benzene ring substituents is 1. The third-order valence-electron chi connectivity index (χ3n) is 3.10. The van der Waals surface area contributed by atoms with E-state index in [4.69, 9.17) is 5.26 Å². The van der Waals surface area contributed by atoms with Gasteiger partial charge in [0.25, 0.3) is 11.6 Å². The number of benzene rings is 1. The summed E-state index contributed by atoms with van der Waals surface area (Å²) in [6.45, 7) is 5.31. The Balaban J connectivity index is 2.90. The number of rotatable bonds is 4. The summed E-state index contributed by atoms with van der Waals surface area (Å²) in [5, 5.41) is 22.3. The lowest BCUT2D eigenvalue weighted by molar-refractivity contribution is -0.384. The molecule has 1 aromatic rings. The molecule has 100 valence electrons. The third kappa shape index (κ3) is 3.28. The van der Waals surface area contributed by atoms with Gasteiger partial charge in [-0.2, -0.15) is 5.26 Å². The predicted octanol–water partition coefficient (Wildman–Crippen LogP) is 2.26. The Kier molecular flexibility index (Phi) is 4.22. The highest BCUT2D eigenvalue weighted by atomic mass is 16.6. The van der Waals surface area contributed by atoms with Crippen LogP contribution < -0.4 is 5.32 Å². The maximum Gasteiger partial charge on any atom is 0.269 e. The highest BCUT2D eigenvalue weighted by Gasteiger charge is 2.30. The van der Waals surface area contributed by atoms with E-state index in [1.54, 1.807) is 6.92 Å². The highest BCUT2D eigenvalue weighted by Crippen LogP contribution is 2.17. The van der Waals surface area contributed by atoms with Crippen molar-refractivity contribution in [3.8, 4) is 6.07 Å². The molecule has 1 amide bonds. The van der Waals surface area contributed by atoms with Crippen LogP contribution in [-0.4, -0.2) is 16.4 Å². The average molecular weight is 261 g/mol. The molecule has 1 N–H and O–H groups in total. The summed E-state index contributed by atoms with van der Waals surface area (Å²) in [6.07, 6.45) is 0. The van der Waals surface area contributed by atoms with Gasteiger partial charge < -0.3 is 5.32 Å². The summed E-state index contributed by atoms with van der Waals surface area (Å²) in [7, 11) is 0. The van der Waals surface area contributed by atoms with E-state index in [0.717, 1.165) is 0 Å². The molecule has 0 aliphatic rings. The zero-order valence-electron chi connectivity index (χ0n) is 11.0. The maximum absolute atomic E-state index is 12.0. The van der Waals surface area contributed by atoms with Crippen molar-refractivity contribution in [3.63, 3.8) is 0 Å². The molecule has 6 nitrogen and oxygen atoms in total. The lowest BCUT2D eigenvalue weighted by atomic mass is 9.90. The monoisotopic (exact) mass is 261 g/mol. The van der Waals surface area contributed by atoms with Crippen molar-refractivity contribution < 1.29 is 9.72 Å². The van der Waals surface area contributed by atoms with Crippen LogP contribution in [0.5, 0.6) is 0 Å². The number of nitriles is 1. The molecule has 0 spiro atoms. The second-order valence-electron chi connectivity index (χ2n) is 4.73. The van der Waals surface area contributed by atoms with Crippen molar-refractivity contribution in [3.05, 3.63) is 39.9 Å². The zero-order chi connectivity index (χ0) is 14.6. The van der Waals surface area contributed by atoms with Gasteiger partial charge in [-0.25, -0.2) is 0 Å².